The maximum Gasteiger partial charge on any atom is 0.513 e. The fraction of sp³-hybridized carbons (Fsp3) is 0.600. The second kappa shape index (κ2) is 28.8. The Labute approximate surface area is 396 Å². The summed E-state index contributed by atoms with van der Waals surface area (Å²) in [5, 5.41) is 10.6. The van der Waals surface area contributed by atoms with E-state index in [1.165, 1.54) is 130 Å². The van der Waals surface area contributed by atoms with E-state index in [4.69, 9.17) is 32.1 Å². The lowest BCUT2D eigenvalue weighted by atomic mass is 10.0. The molecule has 0 saturated heterocycles. The average Bonchev–Trinajstić information content (AvgIpc) is 3.66. The van der Waals surface area contributed by atoms with E-state index in [1.807, 2.05) is 0 Å². The number of H-pyrrole nitrogens is 1. The van der Waals surface area contributed by atoms with Crippen LogP contribution in [0.25, 0.3) is 0 Å². The van der Waals surface area contributed by atoms with Gasteiger partial charge in [-0.05, 0) is 61.6 Å². The highest BCUT2D eigenvalue weighted by molar-refractivity contribution is 7.67. The normalized spacial score (nSPS) is 18.6. The molecule has 0 amide bonds. The summed E-state index contributed by atoms with van der Waals surface area (Å²) in [6.07, 6.45) is 16.3. The number of aliphatic hydroxyl groups excluding tert-OH is 1. The van der Waals surface area contributed by atoms with Crippen molar-refractivity contribution in [3.8, 4) is 11.5 Å². The zero-order valence-corrected chi connectivity index (χ0v) is 41.7. The summed E-state index contributed by atoms with van der Waals surface area (Å²) in [5.74, 6) is -1.02. The Bertz CT molecular complexity index is 2290. The number of nitrogens with one attached hydrogen (secondary N) is 1. The van der Waals surface area contributed by atoms with Gasteiger partial charge in [-0.15, -0.1) is 0 Å². The lowest BCUT2D eigenvalue weighted by molar-refractivity contribution is -0.134. The highest BCUT2D eigenvalue weighted by Gasteiger charge is 2.45. The minimum absolute atomic E-state index is 0.0178. The molecule has 1 heterocycles. The summed E-state index contributed by atoms with van der Waals surface area (Å²) in [7, 11) is -16.5. The number of esters is 1. The largest absolute Gasteiger partial charge is 0.513 e. The number of ether oxygens (including phenoxy) is 3. The van der Waals surface area contributed by atoms with Crippen molar-refractivity contribution in [1.82, 2.24) is 9.55 Å². The van der Waals surface area contributed by atoms with Crippen molar-refractivity contribution in [2.45, 2.75) is 155 Å². The van der Waals surface area contributed by atoms with Crippen LogP contribution in [-0.4, -0.2) is 55.9 Å². The van der Waals surface area contributed by atoms with Gasteiger partial charge in [0.1, 0.15) is 11.5 Å². The molecule has 380 valence electrons. The van der Waals surface area contributed by atoms with Gasteiger partial charge in [-0.25, -0.2) is 23.3 Å². The number of aromatic nitrogens is 2. The monoisotopic (exact) mass is 1020 g/mol. The Morgan fingerprint density at radius 3 is 1.74 bits per heavy atom. The van der Waals surface area contributed by atoms with Crippen molar-refractivity contribution < 1.29 is 74.6 Å². The van der Waals surface area contributed by atoms with Crippen LogP contribution in [-0.2, 0) is 58.6 Å². The quantitative estimate of drug-likeness (QED) is 0.0149. The van der Waals surface area contributed by atoms with E-state index in [9.17, 15) is 47.8 Å². The summed E-state index contributed by atoms with van der Waals surface area (Å²) < 4.78 is 81.7. The molecule has 1 fully saturated rings. The molecule has 6 atom stereocenters. The second-order valence-electron chi connectivity index (χ2n) is 16.7. The van der Waals surface area contributed by atoms with E-state index >= 15 is 0 Å². The molecule has 1 aromatic heterocycles. The van der Waals surface area contributed by atoms with Crippen LogP contribution in [0.2, 0.25) is 0 Å². The number of nitrogens with zero attached hydrogens (tertiary/aromatic N) is 1. The molecule has 68 heavy (non-hydrogen) atoms. The topological polar surface area (TPSA) is 275 Å². The average molecular weight is 1020 g/mol. The summed E-state index contributed by atoms with van der Waals surface area (Å²) in [6.45, 7) is 3.70. The molecule has 1 aliphatic carbocycles. The van der Waals surface area contributed by atoms with E-state index in [2.05, 4.69) is 16.2 Å². The molecule has 1 saturated carbocycles. The van der Waals surface area contributed by atoms with Crippen LogP contribution >= 0.6 is 23.5 Å². The summed E-state index contributed by atoms with van der Waals surface area (Å²) >= 11 is 0. The Morgan fingerprint density at radius 1 is 0.691 bits per heavy atom. The van der Waals surface area contributed by atoms with Crippen molar-refractivity contribution in [3.63, 3.8) is 0 Å². The molecule has 3 aromatic rings. The zero-order chi connectivity index (χ0) is 49.6. The van der Waals surface area contributed by atoms with E-state index in [0.717, 1.165) is 19.3 Å². The van der Waals surface area contributed by atoms with Crippen molar-refractivity contribution in [2.75, 3.05) is 13.2 Å². The first-order valence-corrected chi connectivity index (χ1v) is 27.7. The number of phosphoric acid groups is 3. The fourth-order valence-electron chi connectivity index (χ4n) is 7.30. The first-order valence-electron chi connectivity index (χ1n) is 23.2. The molecule has 2 aromatic carbocycles. The zero-order valence-electron chi connectivity index (χ0n) is 39.0. The number of aryl methyl sites for hydroxylation is 1. The molecule has 0 bridgehead atoms. The number of hydrogen-bond donors (Lipinski definition) is 4. The van der Waals surface area contributed by atoms with E-state index in [1.54, 1.807) is 6.92 Å². The number of hydrogen-bond acceptors (Lipinski definition) is 16. The number of carbonyl (C=O) groups is 2. The number of carbonyl (C=O) groups excluding carboxylic acids is 2. The minimum Gasteiger partial charge on any atom is -0.434 e. The highest BCUT2D eigenvalue weighted by Crippen LogP contribution is 2.70. The standard InChI is InChI=1S/C45H67N2O18P3/c1-4-6-7-8-9-10-11-12-13-14-15-16-17-18-27-58-45(52)63-40-25-21-36(22-26-40)32-61-68(57,60-31-35-19-23-39(24-20-35)62-42(49)5-2)65-67(55,56)64-66(53,54)59-33-37-28-38(29-41(37)48)47-30-34(3)43(50)46-44(47)51/h19-26,30,37-38,41,48H,4-18,27-29,31-33H2,1-3H3,(H,53,54)(H,55,56)(H,46,50,51)/t37-,38-,41+,68?/m1/s1. The van der Waals surface area contributed by atoms with E-state index in [-0.39, 0.29) is 42.9 Å². The van der Waals surface area contributed by atoms with Crippen LogP contribution in [0.15, 0.2) is 64.3 Å². The lowest BCUT2D eigenvalue weighted by Gasteiger charge is -2.22. The Hall–Kier alpha value is -3.77. The summed E-state index contributed by atoms with van der Waals surface area (Å²) in [6, 6.07) is 10.7. The number of aliphatic hydroxyl groups is 1. The Morgan fingerprint density at radius 2 is 1.21 bits per heavy atom. The predicted octanol–water partition coefficient (Wildman–Crippen LogP) is 10.3. The Balaban J connectivity index is 1.27. The highest BCUT2D eigenvalue weighted by atomic mass is 31.3. The van der Waals surface area contributed by atoms with Gasteiger partial charge < -0.3 is 29.1 Å². The maximum absolute atomic E-state index is 13.9. The summed E-state index contributed by atoms with van der Waals surface area (Å²) in [4.78, 5) is 71.3. The van der Waals surface area contributed by atoms with Crippen molar-refractivity contribution in [3.05, 3.63) is 92.3 Å². The number of benzene rings is 2. The number of phosphoric ester groups is 2. The molecule has 3 unspecified atom stereocenters. The van der Waals surface area contributed by atoms with Gasteiger partial charge in [-0.2, -0.15) is 8.62 Å². The van der Waals surface area contributed by atoms with Crippen molar-refractivity contribution >= 4 is 35.6 Å². The molecular weight excluding hydrogens is 949 g/mol. The molecule has 4 rings (SSSR count). The molecular formula is C45H67N2O18P3. The maximum atomic E-state index is 13.9. The van der Waals surface area contributed by atoms with E-state index < -0.39 is 84.7 Å². The lowest BCUT2D eigenvalue weighted by Crippen LogP contribution is -2.32. The van der Waals surface area contributed by atoms with Crippen LogP contribution < -0.4 is 20.7 Å². The molecule has 0 radical (unpaired) electrons. The molecule has 0 spiro atoms. The number of aromatic amines is 1. The number of rotatable bonds is 32. The van der Waals surface area contributed by atoms with Gasteiger partial charge in [0.05, 0.1) is 32.5 Å². The second-order valence-corrected chi connectivity index (χ2v) is 21.6. The smallest absolute Gasteiger partial charge is 0.434 e. The predicted molar refractivity (Wildman–Crippen MR) is 250 cm³/mol. The van der Waals surface area contributed by atoms with Crippen LogP contribution in [0.5, 0.6) is 11.5 Å². The first-order chi connectivity index (χ1) is 32.4. The van der Waals surface area contributed by atoms with Gasteiger partial charge in [-0.3, -0.25) is 32.7 Å². The molecule has 23 heteroatoms. The van der Waals surface area contributed by atoms with Crippen molar-refractivity contribution in [2.24, 2.45) is 5.92 Å². The summed E-state index contributed by atoms with van der Waals surface area (Å²) in [5.41, 5.74) is -0.445. The minimum atomic E-state index is -5.83. The molecule has 4 N–H and O–H groups in total. The molecule has 0 aliphatic heterocycles. The van der Waals surface area contributed by atoms with Crippen LogP contribution in [0.3, 0.4) is 0 Å². The van der Waals surface area contributed by atoms with Gasteiger partial charge in [0.2, 0.25) is 0 Å². The van der Waals surface area contributed by atoms with Crippen LogP contribution in [0.4, 0.5) is 4.79 Å². The van der Waals surface area contributed by atoms with Gasteiger partial charge in [-0.1, -0.05) is 122 Å². The number of unbranched alkanes of at least 4 members (excludes halogenated alkanes) is 13. The molecule has 20 nitrogen and oxygen atoms in total. The van der Waals surface area contributed by atoms with Crippen molar-refractivity contribution in [1.29, 1.82) is 0 Å². The van der Waals surface area contributed by atoms with Crippen LogP contribution in [0.1, 0.15) is 146 Å². The third-order valence-corrected chi connectivity index (χ3v) is 15.7. The Kier molecular flexibility index (Phi) is 24.1. The van der Waals surface area contributed by atoms with Gasteiger partial charge in [0, 0.05) is 30.1 Å². The van der Waals surface area contributed by atoms with Gasteiger partial charge in [0.25, 0.3) is 5.56 Å². The van der Waals surface area contributed by atoms with E-state index in [0.29, 0.717) is 17.5 Å². The third-order valence-electron chi connectivity index (χ3n) is 11.1. The fourth-order valence-corrected chi connectivity index (χ4v) is 11.4. The SMILES string of the molecule is CCCCCCCCCCCCCCCCOC(=O)Oc1ccc(COP(=O)(OCc2ccc(OC(=O)CC)cc2)OP(=O)(O)OP(=O)(O)OC[C@H]2C[C@@H](n3cc(C)c(=O)[nH]c3=O)C[C@@H]2O)cc1. The van der Waals surface area contributed by atoms with Crippen LogP contribution in [0, 0.1) is 12.8 Å². The molecule has 1 aliphatic rings. The van der Waals surface area contributed by atoms with Gasteiger partial charge in [0.15, 0.2) is 0 Å². The third kappa shape index (κ3) is 21.1. The van der Waals surface area contributed by atoms with Gasteiger partial charge >= 0.3 is 41.3 Å². The first kappa shape index (κ1) is 56.8.